The minimum Gasteiger partial charge on any atom is -0.342 e. The predicted octanol–water partition coefficient (Wildman–Crippen LogP) is 3.18. The van der Waals surface area contributed by atoms with Crippen LogP contribution in [-0.2, 0) is 4.79 Å². The van der Waals surface area contributed by atoms with Crippen LogP contribution in [0.1, 0.15) is 65.2 Å². The third-order valence-electron chi connectivity index (χ3n) is 4.49. The Kier molecular flexibility index (Phi) is 8.11. The van der Waals surface area contributed by atoms with E-state index in [1.807, 2.05) is 0 Å². The molecule has 3 nitrogen and oxygen atoms in total. The van der Waals surface area contributed by atoms with Crippen LogP contribution >= 0.6 is 0 Å². The second-order valence-corrected chi connectivity index (χ2v) is 6.03. The van der Waals surface area contributed by atoms with Crippen LogP contribution in [0.2, 0.25) is 0 Å². The maximum atomic E-state index is 12.3. The Morgan fingerprint density at radius 2 is 2.11 bits per heavy atom. The maximum Gasteiger partial charge on any atom is 0.222 e. The van der Waals surface area contributed by atoms with Gasteiger partial charge in [0, 0.05) is 19.5 Å². The van der Waals surface area contributed by atoms with E-state index < -0.39 is 0 Å². The summed E-state index contributed by atoms with van der Waals surface area (Å²) < 4.78 is 0. The number of nitrogens with zero attached hydrogens (tertiary/aromatic N) is 1. The van der Waals surface area contributed by atoms with E-state index >= 15 is 0 Å². The van der Waals surface area contributed by atoms with E-state index in [0.717, 1.165) is 44.8 Å². The monoisotopic (exact) mass is 268 g/mol. The molecule has 1 amide bonds. The summed E-state index contributed by atoms with van der Waals surface area (Å²) in [7, 11) is 0. The van der Waals surface area contributed by atoms with Crippen LogP contribution in [0.25, 0.3) is 0 Å². The summed E-state index contributed by atoms with van der Waals surface area (Å²) >= 11 is 0. The van der Waals surface area contributed by atoms with Gasteiger partial charge in [-0.05, 0) is 44.1 Å². The van der Waals surface area contributed by atoms with Gasteiger partial charge in [-0.15, -0.1) is 0 Å². The minimum atomic E-state index is 0.372. The Hall–Kier alpha value is -0.570. The number of carbonyl (C=O) groups excluding carboxylic acids is 1. The summed E-state index contributed by atoms with van der Waals surface area (Å²) in [6.45, 7) is 7.16. The van der Waals surface area contributed by atoms with E-state index in [2.05, 4.69) is 18.7 Å². The highest BCUT2D eigenvalue weighted by atomic mass is 16.2. The van der Waals surface area contributed by atoms with Gasteiger partial charge in [-0.2, -0.15) is 0 Å². The Morgan fingerprint density at radius 1 is 1.32 bits per heavy atom. The summed E-state index contributed by atoms with van der Waals surface area (Å²) in [6, 6.07) is 0. The van der Waals surface area contributed by atoms with Gasteiger partial charge in [0.1, 0.15) is 0 Å². The van der Waals surface area contributed by atoms with Gasteiger partial charge in [0.25, 0.3) is 0 Å². The first-order valence-electron chi connectivity index (χ1n) is 8.19. The second kappa shape index (κ2) is 9.35. The topological polar surface area (TPSA) is 46.3 Å². The van der Waals surface area contributed by atoms with Crippen molar-refractivity contribution in [3.63, 3.8) is 0 Å². The van der Waals surface area contributed by atoms with Crippen molar-refractivity contribution in [1.29, 1.82) is 0 Å². The Balaban J connectivity index is 2.32. The van der Waals surface area contributed by atoms with E-state index in [4.69, 9.17) is 5.73 Å². The first-order valence-corrected chi connectivity index (χ1v) is 8.19. The molecule has 0 aromatic carbocycles. The van der Waals surface area contributed by atoms with Gasteiger partial charge in [0.15, 0.2) is 0 Å². The molecule has 0 spiro atoms. The quantitative estimate of drug-likeness (QED) is 0.735. The molecule has 1 fully saturated rings. The van der Waals surface area contributed by atoms with Crippen molar-refractivity contribution >= 4 is 5.91 Å². The van der Waals surface area contributed by atoms with Gasteiger partial charge >= 0.3 is 0 Å². The normalized spacial score (nSPS) is 21.4. The molecule has 1 aliphatic rings. The van der Waals surface area contributed by atoms with Crippen molar-refractivity contribution in [3.05, 3.63) is 0 Å². The van der Waals surface area contributed by atoms with Crippen molar-refractivity contribution in [2.45, 2.75) is 65.2 Å². The first kappa shape index (κ1) is 16.5. The first-order chi connectivity index (χ1) is 9.21. The molecule has 112 valence electrons. The number of rotatable bonds is 8. The fraction of sp³-hybridized carbons (Fsp3) is 0.938. The van der Waals surface area contributed by atoms with E-state index in [1.54, 1.807) is 0 Å². The zero-order chi connectivity index (χ0) is 14.1. The number of hydrogen-bond donors (Lipinski definition) is 1. The molecule has 0 radical (unpaired) electrons. The molecule has 1 heterocycles. The summed E-state index contributed by atoms with van der Waals surface area (Å²) in [5.74, 6) is 1.75. The molecule has 0 aromatic rings. The van der Waals surface area contributed by atoms with Crippen LogP contribution in [0.4, 0.5) is 0 Å². The van der Waals surface area contributed by atoms with Gasteiger partial charge in [0.05, 0.1) is 0 Å². The molecule has 3 heteroatoms. The molecule has 1 saturated heterocycles. The average Bonchev–Trinajstić information content (AvgIpc) is 2.45. The van der Waals surface area contributed by atoms with Crippen LogP contribution in [-0.4, -0.2) is 30.4 Å². The fourth-order valence-electron chi connectivity index (χ4n) is 3.19. The molecular weight excluding hydrogens is 236 g/mol. The largest absolute Gasteiger partial charge is 0.342 e. The van der Waals surface area contributed by atoms with Crippen LogP contribution in [0.15, 0.2) is 0 Å². The van der Waals surface area contributed by atoms with Gasteiger partial charge in [-0.3, -0.25) is 4.79 Å². The van der Waals surface area contributed by atoms with Gasteiger partial charge < -0.3 is 10.6 Å². The lowest BCUT2D eigenvalue weighted by Gasteiger charge is -2.32. The summed E-state index contributed by atoms with van der Waals surface area (Å²) in [4.78, 5) is 14.4. The number of nitrogens with two attached hydrogens (primary N) is 1. The lowest BCUT2D eigenvalue weighted by atomic mass is 9.93. The highest BCUT2D eigenvalue weighted by Crippen LogP contribution is 2.22. The van der Waals surface area contributed by atoms with Crippen LogP contribution in [0, 0.1) is 11.8 Å². The van der Waals surface area contributed by atoms with Gasteiger partial charge in [-0.25, -0.2) is 0 Å². The number of carbonyl (C=O) groups is 1. The van der Waals surface area contributed by atoms with Crippen molar-refractivity contribution in [3.8, 4) is 0 Å². The molecule has 1 aliphatic heterocycles. The van der Waals surface area contributed by atoms with Crippen molar-refractivity contribution in [1.82, 2.24) is 4.90 Å². The third-order valence-corrected chi connectivity index (χ3v) is 4.49. The molecule has 2 N–H and O–H groups in total. The summed E-state index contributed by atoms with van der Waals surface area (Å²) in [6.07, 6.45) is 8.91. The van der Waals surface area contributed by atoms with E-state index in [0.29, 0.717) is 11.8 Å². The summed E-state index contributed by atoms with van der Waals surface area (Å²) in [5.41, 5.74) is 5.65. The van der Waals surface area contributed by atoms with Crippen molar-refractivity contribution in [2.75, 3.05) is 19.6 Å². The molecule has 2 unspecified atom stereocenters. The van der Waals surface area contributed by atoms with E-state index in [-0.39, 0.29) is 0 Å². The molecule has 0 aromatic heterocycles. The lowest BCUT2D eigenvalue weighted by Crippen LogP contribution is -2.39. The lowest BCUT2D eigenvalue weighted by molar-refractivity contribution is -0.133. The molecular formula is C16H32N2O. The average molecular weight is 268 g/mol. The number of hydrogen-bond acceptors (Lipinski definition) is 2. The SMILES string of the molecule is CCCC(CCN)CCC(=O)N1CCCC(CC)C1. The third kappa shape index (κ3) is 5.94. The number of amides is 1. The molecule has 2 atom stereocenters. The van der Waals surface area contributed by atoms with Crippen molar-refractivity contribution in [2.24, 2.45) is 17.6 Å². The highest BCUT2D eigenvalue weighted by molar-refractivity contribution is 5.76. The Bertz CT molecular complexity index is 249. The second-order valence-electron chi connectivity index (χ2n) is 6.03. The molecule has 1 rings (SSSR count). The molecule has 0 aliphatic carbocycles. The Labute approximate surface area is 118 Å². The van der Waals surface area contributed by atoms with Crippen LogP contribution < -0.4 is 5.73 Å². The van der Waals surface area contributed by atoms with E-state index in [9.17, 15) is 4.79 Å². The Morgan fingerprint density at radius 3 is 2.74 bits per heavy atom. The number of likely N-dealkylation sites (tertiary alicyclic amines) is 1. The predicted molar refractivity (Wildman–Crippen MR) is 80.9 cm³/mol. The molecule has 0 saturated carbocycles. The zero-order valence-corrected chi connectivity index (χ0v) is 12.9. The van der Waals surface area contributed by atoms with Gasteiger partial charge in [0.2, 0.25) is 5.91 Å². The van der Waals surface area contributed by atoms with Crippen LogP contribution in [0.5, 0.6) is 0 Å². The van der Waals surface area contributed by atoms with Crippen LogP contribution in [0.3, 0.4) is 0 Å². The highest BCUT2D eigenvalue weighted by Gasteiger charge is 2.22. The van der Waals surface area contributed by atoms with Crippen molar-refractivity contribution < 1.29 is 4.79 Å². The zero-order valence-electron chi connectivity index (χ0n) is 12.9. The maximum absolute atomic E-state index is 12.3. The molecule has 0 bridgehead atoms. The number of piperidine rings is 1. The smallest absolute Gasteiger partial charge is 0.222 e. The van der Waals surface area contributed by atoms with E-state index in [1.165, 1.54) is 32.1 Å². The molecule has 19 heavy (non-hydrogen) atoms. The van der Waals surface area contributed by atoms with Gasteiger partial charge in [-0.1, -0.05) is 33.1 Å². The summed E-state index contributed by atoms with van der Waals surface area (Å²) in [5, 5.41) is 0. The fourth-order valence-corrected chi connectivity index (χ4v) is 3.19. The standard InChI is InChI=1S/C16H32N2O/c1-3-6-15(10-11-17)8-9-16(19)18-12-5-7-14(4-2)13-18/h14-15H,3-13,17H2,1-2H3. The minimum absolute atomic E-state index is 0.372.